The quantitative estimate of drug-likeness (QED) is 0.606. The number of β-amino-alcohol motifs (C(OH)–C–C–N with tert-alkyl or cyclic N) is 1. The molecular weight excluding hydrogens is 356 g/mol. The van der Waals surface area contributed by atoms with Crippen LogP contribution in [0.5, 0.6) is 0 Å². The van der Waals surface area contributed by atoms with Gasteiger partial charge in [0.25, 0.3) is 5.91 Å². The number of nitrogens with zero attached hydrogens (tertiary/aromatic N) is 3. The first kappa shape index (κ1) is 18.3. The van der Waals surface area contributed by atoms with Crippen molar-refractivity contribution in [2.24, 2.45) is 0 Å². The summed E-state index contributed by atoms with van der Waals surface area (Å²) in [6.45, 7) is 1.27. The van der Waals surface area contributed by atoms with Gasteiger partial charge in [-0.3, -0.25) is 25.0 Å². The average molecular weight is 372 g/mol. The Morgan fingerprint density at radius 1 is 1.07 bits per heavy atom. The molecule has 1 heterocycles. The maximum Gasteiger partial charge on any atom is 0.348 e. The second-order valence-electron chi connectivity index (χ2n) is 6.11. The van der Waals surface area contributed by atoms with Crippen LogP contribution in [0.25, 0.3) is 0 Å². The number of nitro groups is 2. The Morgan fingerprint density at radius 2 is 1.74 bits per heavy atom. The highest BCUT2D eigenvalue weighted by molar-refractivity contribution is 6.04. The lowest BCUT2D eigenvalue weighted by molar-refractivity contribution is -0.422. The van der Waals surface area contributed by atoms with Crippen LogP contribution in [-0.2, 0) is 0 Å². The van der Waals surface area contributed by atoms with E-state index in [0.29, 0.717) is 18.5 Å². The molecule has 1 fully saturated rings. The van der Waals surface area contributed by atoms with Gasteiger partial charge in [-0.1, -0.05) is 0 Å². The van der Waals surface area contributed by atoms with Crippen molar-refractivity contribution in [1.29, 1.82) is 0 Å². The summed E-state index contributed by atoms with van der Waals surface area (Å²) in [5.41, 5.74) is -0.0338. The van der Waals surface area contributed by atoms with Gasteiger partial charge < -0.3 is 15.3 Å². The minimum atomic E-state index is -0.868. The molecule has 0 spiro atoms. The number of aliphatic hydroxyl groups excluding tert-OH is 1. The lowest BCUT2D eigenvalue weighted by Gasteiger charge is -2.18. The molecule has 1 amide bonds. The van der Waals surface area contributed by atoms with Crippen molar-refractivity contribution in [3.63, 3.8) is 0 Å². The summed E-state index contributed by atoms with van der Waals surface area (Å²) in [4.78, 5) is 34.4. The second-order valence-corrected chi connectivity index (χ2v) is 6.11. The van der Waals surface area contributed by atoms with Crippen LogP contribution in [0, 0.1) is 20.2 Å². The number of rotatable bonds is 5. The van der Waals surface area contributed by atoms with Crippen molar-refractivity contribution >= 4 is 28.7 Å². The zero-order chi connectivity index (χ0) is 19.6. The molecule has 1 atom stereocenters. The summed E-state index contributed by atoms with van der Waals surface area (Å²) in [5, 5.41) is 33.9. The Kier molecular flexibility index (Phi) is 4.99. The van der Waals surface area contributed by atoms with Crippen LogP contribution in [-0.4, -0.2) is 40.1 Å². The van der Waals surface area contributed by atoms with Gasteiger partial charge in [-0.25, -0.2) is 0 Å². The van der Waals surface area contributed by atoms with E-state index in [9.17, 15) is 30.1 Å². The van der Waals surface area contributed by atoms with E-state index in [-0.39, 0.29) is 11.8 Å². The van der Waals surface area contributed by atoms with Crippen LogP contribution in [0.2, 0.25) is 0 Å². The number of nitrogens with one attached hydrogen (secondary N) is 1. The van der Waals surface area contributed by atoms with Gasteiger partial charge in [0.15, 0.2) is 0 Å². The highest BCUT2D eigenvalue weighted by atomic mass is 16.6. The molecular formula is C17H16N4O6. The Morgan fingerprint density at radius 3 is 2.30 bits per heavy atom. The Bertz CT molecular complexity index is 899. The van der Waals surface area contributed by atoms with Crippen molar-refractivity contribution in [2.75, 3.05) is 23.3 Å². The number of nitro benzene ring substituents is 2. The molecule has 0 aromatic heterocycles. The number of aliphatic hydroxyl groups is 1. The summed E-state index contributed by atoms with van der Waals surface area (Å²) in [6, 6.07) is 9.90. The predicted molar refractivity (Wildman–Crippen MR) is 97.0 cm³/mol. The first-order chi connectivity index (χ1) is 12.8. The summed E-state index contributed by atoms with van der Waals surface area (Å²) in [7, 11) is 0. The first-order valence-electron chi connectivity index (χ1n) is 8.12. The number of benzene rings is 2. The van der Waals surface area contributed by atoms with E-state index in [2.05, 4.69) is 5.32 Å². The molecule has 27 heavy (non-hydrogen) atoms. The summed E-state index contributed by atoms with van der Waals surface area (Å²) in [5.74, 6) is -0.494. The fourth-order valence-electron chi connectivity index (χ4n) is 2.91. The summed E-state index contributed by atoms with van der Waals surface area (Å²) >= 11 is 0. The largest absolute Gasteiger partial charge is 0.391 e. The van der Waals surface area contributed by atoms with Gasteiger partial charge in [-0.05, 0) is 36.8 Å². The van der Waals surface area contributed by atoms with Crippen LogP contribution in [0.4, 0.5) is 22.7 Å². The van der Waals surface area contributed by atoms with E-state index in [1.54, 1.807) is 24.3 Å². The molecule has 2 aromatic carbocycles. The number of hydrogen-bond acceptors (Lipinski definition) is 7. The van der Waals surface area contributed by atoms with Gasteiger partial charge in [-0.15, -0.1) is 0 Å². The van der Waals surface area contributed by atoms with E-state index < -0.39 is 27.1 Å². The van der Waals surface area contributed by atoms with Crippen LogP contribution < -0.4 is 10.2 Å². The van der Waals surface area contributed by atoms with Crippen LogP contribution in [0.1, 0.15) is 16.8 Å². The van der Waals surface area contributed by atoms with Crippen LogP contribution in [0.3, 0.4) is 0 Å². The van der Waals surface area contributed by atoms with E-state index in [1.165, 1.54) is 6.07 Å². The van der Waals surface area contributed by atoms with Gasteiger partial charge >= 0.3 is 11.4 Å². The Balaban J connectivity index is 1.74. The lowest BCUT2D eigenvalue weighted by atomic mass is 10.1. The molecule has 1 unspecified atom stereocenters. The molecule has 1 aliphatic heterocycles. The topological polar surface area (TPSA) is 139 Å². The molecule has 0 bridgehead atoms. The second kappa shape index (κ2) is 7.38. The van der Waals surface area contributed by atoms with Crippen molar-refractivity contribution in [1.82, 2.24) is 0 Å². The van der Waals surface area contributed by atoms with Gasteiger partial charge in [0.05, 0.1) is 16.0 Å². The molecule has 10 heteroatoms. The maximum absolute atomic E-state index is 12.3. The zero-order valence-electron chi connectivity index (χ0n) is 14.1. The number of amides is 1. The molecule has 0 radical (unpaired) electrons. The van der Waals surface area contributed by atoms with Gasteiger partial charge in [0, 0.05) is 42.2 Å². The standard InChI is InChI=1S/C17H16N4O6/c22-14-7-8-19(10-14)13-4-1-11(2-5-13)17(23)18-12-3-6-15(20(24)25)16(9-12)21(26)27/h1-6,9,14,22H,7-8,10H2,(H,18,23). The third-order valence-corrected chi connectivity index (χ3v) is 4.28. The summed E-state index contributed by atoms with van der Waals surface area (Å²) < 4.78 is 0. The SMILES string of the molecule is O=C(Nc1ccc([N+](=O)[O-])c([N+](=O)[O-])c1)c1ccc(N2CCC(O)C2)cc1. The zero-order valence-corrected chi connectivity index (χ0v) is 14.1. The Labute approximate surface area is 153 Å². The van der Waals surface area contributed by atoms with Crippen LogP contribution >= 0.6 is 0 Å². The molecule has 1 aliphatic rings. The molecule has 2 N–H and O–H groups in total. The van der Waals surface area contributed by atoms with Gasteiger partial charge in [0.1, 0.15) is 0 Å². The van der Waals surface area contributed by atoms with Crippen molar-refractivity contribution < 1.29 is 19.7 Å². The monoisotopic (exact) mass is 372 g/mol. The molecule has 3 rings (SSSR count). The molecule has 1 saturated heterocycles. The fourth-order valence-corrected chi connectivity index (χ4v) is 2.91. The number of carbonyl (C=O) groups is 1. The first-order valence-corrected chi connectivity index (χ1v) is 8.12. The van der Waals surface area contributed by atoms with E-state index in [0.717, 1.165) is 24.4 Å². The molecule has 2 aromatic rings. The third kappa shape index (κ3) is 4.01. The van der Waals surface area contributed by atoms with E-state index in [4.69, 9.17) is 0 Å². The lowest BCUT2D eigenvalue weighted by Crippen LogP contribution is -2.21. The molecule has 10 nitrogen and oxygen atoms in total. The third-order valence-electron chi connectivity index (χ3n) is 4.28. The predicted octanol–water partition coefficient (Wildman–Crippen LogP) is 2.33. The minimum Gasteiger partial charge on any atom is -0.391 e. The van der Waals surface area contributed by atoms with Crippen molar-refractivity contribution in [3.8, 4) is 0 Å². The van der Waals surface area contributed by atoms with Crippen LogP contribution in [0.15, 0.2) is 42.5 Å². The number of hydrogen-bond donors (Lipinski definition) is 2. The maximum atomic E-state index is 12.3. The highest BCUT2D eigenvalue weighted by Gasteiger charge is 2.25. The number of carbonyl (C=O) groups excluding carboxylic acids is 1. The molecule has 0 saturated carbocycles. The normalized spacial score (nSPS) is 16.2. The Hall–Kier alpha value is -3.53. The van der Waals surface area contributed by atoms with Gasteiger partial charge in [-0.2, -0.15) is 0 Å². The molecule has 140 valence electrons. The average Bonchev–Trinajstić information content (AvgIpc) is 3.08. The van der Waals surface area contributed by atoms with E-state index in [1.807, 2.05) is 4.90 Å². The highest BCUT2D eigenvalue weighted by Crippen LogP contribution is 2.30. The minimum absolute atomic E-state index is 0.0871. The van der Waals surface area contributed by atoms with Crippen molar-refractivity contribution in [3.05, 3.63) is 68.3 Å². The fraction of sp³-hybridized carbons (Fsp3) is 0.235. The van der Waals surface area contributed by atoms with E-state index >= 15 is 0 Å². The van der Waals surface area contributed by atoms with Crippen molar-refractivity contribution in [2.45, 2.75) is 12.5 Å². The molecule has 0 aliphatic carbocycles. The van der Waals surface area contributed by atoms with Gasteiger partial charge in [0.2, 0.25) is 0 Å². The summed E-state index contributed by atoms with van der Waals surface area (Å²) in [6.07, 6.45) is 0.340. The smallest absolute Gasteiger partial charge is 0.348 e. The number of anilines is 2.